The molecule has 1 N–H and O–H groups in total. The van der Waals surface area contributed by atoms with Crippen LogP contribution in [0.15, 0.2) is 12.1 Å². The highest BCUT2D eigenvalue weighted by molar-refractivity contribution is 5.63. The lowest BCUT2D eigenvalue weighted by Crippen LogP contribution is -2.31. The summed E-state index contributed by atoms with van der Waals surface area (Å²) in [6, 6.07) is 3.16. The summed E-state index contributed by atoms with van der Waals surface area (Å²) in [5.74, 6) is -0.546. The molecule has 2 rings (SSSR count). The minimum Gasteiger partial charge on any atom is -0.378 e. The molecule has 1 aromatic rings. The molecule has 0 atom stereocenters. The van der Waals surface area contributed by atoms with Gasteiger partial charge in [-0.25, -0.2) is 4.39 Å². The molecule has 1 saturated carbocycles. The van der Waals surface area contributed by atoms with Gasteiger partial charge in [-0.05, 0) is 37.9 Å². The number of hydrogen-bond donors (Lipinski definition) is 1. The quantitative estimate of drug-likeness (QED) is 0.616. The minimum absolute atomic E-state index is 0.206. The van der Waals surface area contributed by atoms with Crippen LogP contribution in [0.1, 0.15) is 25.3 Å². The van der Waals surface area contributed by atoms with E-state index < -0.39 is 10.7 Å². The maximum absolute atomic E-state index is 13.4. The minimum atomic E-state index is -0.552. The Bertz CT molecular complexity index is 503. The van der Waals surface area contributed by atoms with Gasteiger partial charge in [0.1, 0.15) is 11.5 Å². The molecule has 0 unspecified atom stereocenters. The van der Waals surface area contributed by atoms with Gasteiger partial charge in [0.2, 0.25) is 0 Å². The lowest BCUT2D eigenvalue weighted by molar-refractivity contribution is -0.384. The highest BCUT2D eigenvalue weighted by Crippen LogP contribution is 2.28. The SMILES string of the molecule is CCN(CCNc1cc(C)c(F)cc1[N+](=O)[O-])C1CC1. The molecule has 6 heteroatoms. The van der Waals surface area contributed by atoms with E-state index in [0.717, 1.165) is 19.2 Å². The monoisotopic (exact) mass is 281 g/mol. The standard InChI is InChI=1S/C14H20FN3O2/c1-3-17(11-4-5-11)7-6-16-13-8-10(2)12(15)9-14(13)18(19)20/h8-9,11,16H,3-7H2,1-2H3. The molecule has 0 amide bonds. The van der Waals surface area contributed by atoms with Gasteiger partial charge in [-0.2, -0.15) is 0 Å². The van der Waals surface area contributed by atoms with Crippen LogP contribution in [0.3, 0.4) is 0 Å². The molecule has 1 aromatic carbocycles. The molecule has 0 radical (unpaired) electrons. The first kappa shape index (κ1) is 14.7. The van der Waals surface area contributed by atoms with Crippen LogP contribution in [0.5, 0.6) is 0 Å². The van der Waals surface area contributed by atoms with Gasteiger partial charge < -0.3 is 5.32 Å². The Hall–Kier alpha value is -1.69. The molecule has 0 saturated heterocycles. The molecule has 5 nitrogen and oxygen atoms in total. The second-order valence-electron chi connectivity index (χ2n) is 5.16. The van der Waals surface area contributed by atoms with Crippen LogP contribution in [-0.4, -0.2) is 35.5 Å². The maximum Gasteiger partial charge on any atom is 0.295 e. The van der Waals surface area contributed by atoms with Crippen molar-refractivity contribution in [1.29, 1.82) is 0 Å². The molecule has 0 aromatic heterocycles. The number of benzene rings is 1. The molecule has 20 heavy (non-hydrogen) atoms. The lowest BCUT2D eigenvalue weighted by atomic mass is 10.2. The van der Waals surface area contributed by atoms with E-state index in [1.54, 1.807) is 6.92 Å². The van der Waals surface area contributed by atoms with E-state index in [-0.39, 0.29) is 5.69 Å². The van der Waals surface area contributed by atoms with Gasteiger partial charge in [0.25, 0.3) is 5.69 Å². The molecular formula is C14H20FN3O2. The van der Waals surface area contributed by atoms with Crippen molar-refractivity contribution in [2.75, 3.05) is 25.0 Å². The van der Waals surface area contributed by atoms with Gasteiger partial charge in [-0.1, -0.05) is 6.92 Å². The van der Waals surface area contributed by atoms with Crippen molar-refractivity contribution in [1.82, 2.24) is 4.90 Å². The molecular weight excluding hydrogens is 261 g/mol. The Morgan fingerprint density at radius 1 is 1.50 bits per heavy atom. The summed E-state index contributed by atoms with van der Waals surface area (Å²) in [6.07, 6.45) is 2.48. The molecule has 0 spiro atoms. The van der Waals surface area contributed by atoms with E-state index in [2.05, 4.69) is 17.1 Å². The first-order chi connectivity index (χ1) is 9.52. The largest absolute Gasteiger partial charge is 0.378 e. The van der Waals surface area contributed by atoms with Crippen LogP contribution in [0, 0.1) is 22.9 Å². The zero-order valence-corrected chi connectivity index (χ0v) is 11.9. The van der Waals surface area contributed by atoms with Gasteiger partial charge in [0.05, 0.1) is 11.0 Å². The number of anilines is 1. The topological polar surface area (TPSA) is 58.4 Å². The fourth-order valence-corrected chi connectivity index (χ4v) is 2.34. The van der Waals surface area contributed by atoms with Gasteiger partial charge in [-0.15, -0.1) is 0 Å². The summed E-state index contributed by atoms with van der Waals surface area (Å²) < 4.78 is 13.4. The van der Waals surface area contributed by atoms with E-state index in [1.807, 2.05) is 0 Å². The zero-order chi connectivity index (χ0) is 14.7. The third-order valence-electron chi connectivity index (χ3n) is 3.66. The number of halogens is 1. The van der Waals surface area contributed by atoms with Gasteiger partial charge in [-0.3, -0.25) is 15.0 Å². The first-order valence-electron chi connectivity index (χ1n) is 6.95. The van der Waals surface area contributed by atoms with Crippen molar-refractivity contribution in [2.24, 2.45) is 0 Å². The van der Waals surface area contributed by atoms with Crippen molar-refractivity contribution in [3.63, 3.8) is 0 Å². The average Bonchev–Trinajstić information content (AvgIpc) is 3.22. The second-order valence-corrected chi connectivity index (χ2v) is 5.16. The fraction of sp³-hybridized carbons (Fsp3) is 0.571. The van der Waals surface area contributed by atoms with Crippen molar-refractivity contribution in [2.45, 2.75) is 32.7 Å². The Balaban J connectivity index is 2.00. The Morgan fingerprint density at radius 3 is 2.75 bits per heavy atom. The number of nitro groups is 1. The maximum atomic E-state index is 13.4. The normalized spacial score (nSPS) is 14.6. The van der Waals surface area contributed by atoms with Gasteiger partial charge in [0, 0.05) is 19.1 Å². The Morgan fingerprint density at radius 2 is 2.20 bits per heavy atom. The number of hydrogen-bond acceptors (Lipinski definition) is 4. The number of rotatable bonds is 7. The summed E-state index contributed by atoms with van der Waals surface area (Å²) in [5.41, 5.74) is 0.593. The first-order valence-corrected chi connectivity index (χ1v) is 6.95. The fourth-order valence-electron chi connectivity index (χ4n) is 2.34. The van der Waals surface area contributed by atoms with E-state index in [4.69, 9.17) is 0 Å². The summed E-state index contributed by atoms with van der Waals surface area (Å²) in [7, 11) is 0. The predicted molar refractivity (Wildman–Crippen MR) is 76.6 cm³/mol. The molecule has 1 aliphatic carbocycles. The van der Waals surface area contributed by atoms with Crippen LogP contribution < -0.4 is 5.32 Å². The number of nitrogens with zero attached hydrogens (tertiary/aromatic N) is 2. The van der Waals surface area contributed by atoms with Gasteiger partial charge >= 0.3 is 0 Å². The van der Waals surface area contributed by atoms with Crippen molar-refractivity contribution in [3.05, 3.63) is 33.6 Å². The van der Waals surface area contributed by atoms with Crippen molar-refractivity contribution in [3.8, 4) is 0 Å². The molecule has 1 fully saturated rings. The molecule has 110 valence electrons. The van der Waals surface area contributed by atoms with Gasteiger partial charge in [0.15, 0.2) is 0 Å². The molecule has 1 aliphatic rings. The van der Waals surface area contributed by atoms with Crippen LogP contribution in [0.25, 0.3) is 0 Å². The highest BCUT2D eigenvalue weighted by atomic mass is 19.1. The van der Waals surface area contributed by atoms with Crippen molar-refractivity contribution < 1.29 is 9.31 Å². The van der Waals surface area contributed by atoms with E-state index in [1.165, 1.54) is 18.9 Å². The van der Waals surface area contributed by atoms with E-state index in [9.17, 15) is 14.5 Å². The van der Waals surface area contributed by atoms with Crippen LogP contribution in [-0.2, 0) is 0 Å². The third-order valence-corrected chi connectivity index (χ3v) is 3.66. The number of likely N-dealkylation sites (N-methyl/N-ethyl adjacent to an activating group) is 1. The Labute approximate surface area is 117 Å². The molecule has 0 bridgehead atoms. The third kappa shape index (κ3) is 3.45. The number of nitro benzene ring substituents is 1. The number of aryl methyl sites for hydroxylation is 1. The lowest BCUT2D eigenvalue weighted by Gasteiger charge is -2.20. The highest BCUT2D eigenvalue weighted by Gasteiger charge is 2.27. The average molecular weight is 281 g/mol. The second kappa shape index (κ2) is 6.17. The zero-order valence-electron chi connectivity index (χ0n) is 11.9. The van der Waals surface area contributed by atoms with E-state index in [0.29, 0.717) is 23.8 Å². The number of nitrogens with one attached hydrogen (secondary N) is 1. The van der Waals surface area contributed by atoms with Crippen molar-refractivity contribution >= 4 is 11.4 Å². The summed E-state index contributed by atoms with van der Waals surface area (Å²) >= 11 is 0. The Kier molecular flexibility index (Phi) is 4.54. The summed E-state index contributed by atoms with van der Waals surface area (Å²) in [6.45, 7) is 6.16. The molecule has 0 aliphatic heterocycles. The van der Waals surface area contributed by atoms with Crippen LogP contribution in [0.4, 0.5) is 15.8 Å². The smallest absolute Gasteiger partial charge is 0.295 e. The van der Waals surface area contributed by atoms with E-state index >= 15 is 0 Å². The van der Waals surface area contributed by atoms with Crippen LogP contribution >= 0.6 is 0 Å². The van der Waals surface area contributed by atoms with Crippen LogP contribution in [0.2, 0.25) is 0 Å². The predicted octanol–water partition coefficient (Wildman–Crippen LogP) is 2.94. The summed E-state index contributed by atoms with van der Waals surface area (Å²) in [5, 5.41) is 14.0. The summed E-state index contributed by atoms with van der Waals surface area (Å²) in [4.78, 5) is 12.7. The molecule has 0 heterocycles.